The number of hydrogen-bond acceptors (Lipinski definition) is 3. The Balaban J connectivity index is 1.80. The zero-order valence-corrected chi connectivity index (χ0v) is 10.4. The normalized spacial score (nSPS) is 10.5. The van der Waals surface area contributed by atoms with Crippen molar-refractivity contribution in [1.29, 1.82) is 0 Å². The molecule has 0 aliphatic rings. The lowest BCUT2D eigenvalue weighted by Gasteiger charge is -1.98. The molecule has 0 fully saturated rings. The van der Waals surface area contributed by atoms with Crippen LogP contribution in [0.15, 0.2) is 54.6 Å². The summed E-state index contributed by atoms with van der Waals surface area (Å²) < 4.78 is 0. The van der Waals surface area contributed by atoms with Crippen LogP contribution in [0.5, 0.6) is 0 Å². The van der Waals surface area contributed by atoms with Crippen LogP contribution in [0.1, 0.15) is 11.4 Å². The molecule has 0 aliphatic carbocycles. The number of nitrogen functional groups attached to an aromatic ring is 1. The average Bonchev–Trinajstić information content (AvgIpc) is 2.91. The van der Waals surface area contributed by atoms with Crippen LogP contribution < -0.4 is 5.73 Å². The van der Waals surface area contributed by atoms with Crippen molar-refractivity contribution in [1.82, 2.24) is 15.2 Å². The van der Waals surface area contributed by atoms with E-state index in [-0.39, 0.29) is 0 Å². The zero-order valence-electron chi connectivity index (χ0n) is 10.4. The summed E-state index contributed by atoms with van der Waals surface area (Å²) in [6, 6.07) is 17.7. The van der Waals surface area contributed by atoms with E-state index in [0.717, 1.165) is 34.9 Å². The third-order valence-corrected chi connectivity index (χ3v) is 2.91. The quantitative estimate of drug-likeness (QED) is 0.702. The van der Waals surface area contributed by atoms with Gasteiger partial charge in [0.05, 0.1) is 0 Å². The molecule has 0 saturated heterocycles. The summed E-state index contributed by atoms with van der Waals surface area (Å²) in [6.07, 6.45) is 0.722. The number of nitrogens with zero attached hydrogens (tertiary/aromatic N) is 2. The van der Waals surface area contributed by atoms with Gasteiger partial charge in [-0.2, -0.15) is 5.10 Å². The largest absolute Gasteiger partial charge is 0.399 e. The maximum absolute atomic E-state index is 5.66. The predicted octanol–water partition coefficient (Wildman–Crippen LogP) is 2.64. The first-order chi connectivity index (χ1) is 9.31. The molecule has 0 saturated carbocycles. The van der Waals surface area contributed by atoms with Gasteiger partial charge in [0, 0.05) is 17.7 Å². The van der Waals surface area contributed by atoms with Crippen molar-refractivity contribution in [3.63, 3.8) is 0 Å². The minimum atomic E-state index is 0.722. The number of rotatable bonds is 3. The molecule has 0 atom stereocenters. The summed E-state index contributed by atoms with van der Waals surface area (Å²) in [7, 11) is 0. The lowest BCUT2D eigenvalue weighted by atomic mass is 10.1. The van der Waals surface area contributed by atoms with Crippen LogP contribution in [0.2, 0.25) is 0 Å². The Hall–Kier alpha value is -2.62. The van der Waals surface area contributed by atoms with Crippen molar-refractivity contribution in [2.75, 3.05) is 5.73 Å². The van der Waals surface area contributed by atoms with Gasteiger partial charge in [0.1, 0.15) is 5.82 Å². The van der Waals surface area contributed by atoms with Gasteiger partial charge in [0.2, 0.25) is 0 Å². The van der Waals surface area contributed by atoms with Crippen LogP contribution in [-0.4, -0.2) is 15.2 Å². The molecule has 1 aromatic heterocycles. The molecule has 0 aliphatic heterocycles. The maximum Gasteiger partial charge on any atom is 0.181 e. The second-order valence-electron chi connectivity index (χ2n) is 4.39. The van der Waals surface area contributed by atoms with Crippen LogP contribution in [0.25, 0.3) is 11.4 Å². The number of aromatic amines is 1. The number of H-pyrrole nitrogens is 1. The Labute approximate surface area is 111 Å². The molecule has 19 heavy (non-hydrogen) atoms. The fourth-order valence-electron chi connectivity index (χ4n) is 1.92. The molecule has 4 heteroatoms. The summed E-state index contributed by atoms with van der Waals surface area (Å²) in [5.74, 6) is 1.58. The van der Waals surface area contributed by atoms with E-state index < -0.39 is 0 Å². The highest BCUT2D eigenvalue weighted by atomic mass is 15.2. The van der Waals surface area contributed by atoms with E-state index in [1.54, 1.807) is 0 Å². The van der Waals surface area contributed by atoms with Gasteiger partial charge in [-0.15, -0.1) is 0 Å². The molecule has 4 nitrogen and oxygen atoms in total. The van der Waals surface area contributed by atoms with Crippen molar-refractivity contribution in [2.45, 2.75) is 6.42 Å². The highest BCUT2D eigenvalue weighted by Crippen LogP contribution is 2.15. The van der Waals surface area contributed by atoms with Gasteiger partial charge in [-0.25, -0.2) is 4.98 Å². The fraction of sp³-hybridized carbons (Fsp3) is 0.0667. The lowest BCUT2D eigenvalue weighted by molar-refractivity contribution is 0.973. The van der Waals surface area contributed by atoms with Gasteiger partial charge in [-0.05, 0) is 17.7 Å². The molecule has 2 aromatic carbocycles. The zero-order chi connectivity index (χ0) is 13.1. The van der Waals surface area contributed by atoms with Crippen molar-refractivity contribution in [3.05, 3.63) is 66.0 Å². The van der Waals surface area contributed by atoms with E-state index in [0.29, 0.717) is 0 Å². The van der Waals surface area contributed by atoms with Crippen molar-refractivity contribution in [2.24, 2.45) is 0 Å². The van der Waals surface area contributed by atoms with Crippen LogP contribution >= 0.6 is 0 Å². The molecule has 0 spiro atoms. The van der Waals surface area contributed by atoms with Crippen LogP contribution in [0, 0.1) is 0 Å². The van der Waals surface area contributed by atoms with Crippen molar-refractivity contribution in [3.8, 4) is 11.4 Å². The molecule has 94 valence electrons. The SMILES string of the molecule is Nc1ccc(Cc2nc(-c3ccccc3)n[nH]2)cc1. The fourth-order valence-corrected chi connectivity index (χ4v) is 1.92. The summed E-state index contributed by atoms with van der Waals surface area (Å²) in [4.78, 5) is 4.50. The van der Waals surface area contributed by atoms with E-state index in [4.69, 9.17) is 5.73 Å². The average molecular weight is 250 g/mol. The number of nitrogens with one attached hydrogen (secondary N) is 1. The number of benzene rings is 2. The topological polar surface area (TPSA) is 67.6 Å². The minimum Gasteiger partial charge on any atom is -0.399 e. The van der Waals surface area contributed by atoms with E-state index in [1.165, 1.54) is 0 Å². The smallest absolute Gasteiger partial charge is 0.181 e. The molecular formula is C15H14N4. The number of aromatic nitrogens is 3. The standard InChI is InChI=1S/C15H14N4/c16-13-8-6-11(7-9-13)10-14-17-15(19-18-14)12-4-2-1-3-5-12/h1-9H,10,16H2,(H,17,18,19). The third kappa shape index (κ3) is 2.63. The van der Waals surface area contributed by atoms with Crippen LogP contribution in [0.3, 0.4) is 0 Å². The summed E-state index contributed by atoms with van der Waals surface area (Å²) in [5, 5.41) is 7.21. The van der Waals surface area contributed by atoms with Gasteiger partial charge >= 0.3 is 0 Å². The summed E-state index contributed by atoms with van der Waals surface area (Å²) in [6.45, 7) is 0. The Kier molecular flexibility index (Phi) is 2.98. The first-order valence-electron chi connectivity index (χ1n) is 6.12. The molecular weight excluding hydrogens is 236 g/mol. The number of anilines is 1. The second-order valence-corrected chi connectivity index (χ2v) is 4.39. The van der Waals surface area contributed by atoms with Crippen molar-refractivity contribution < 1.29 is 0 Å². The van der Waals surface area contributed by atoms with E-state index in [1.807, 2.05) is 54.6 Å². The summed E-state index contributed by atoms with van der Waals surface area (Å²) >= 11 is 0. The molecule has 3 aromatic rings. The molecule has 0 radical (unpaired) electrons. The van der Waals surface area contributed by atoms with Gasteiger partial charge in [-0.3, -0.25) is 5.10 Å². The molecule has 0 unspecified atom stereocenters. The first-order valence-corrected chi connectivity index (χ1v) is 6.12. The van der Waals surface area contributed by atoms with E-state index in [2.05, 4.69) is 15.2 Å². The monoisotopic (exact) mass is 250 g/mol. The summed E-state index contributed by atoms with van der Waals surface area (Å²) in [5.41, 5.74) is 8.61. The van der Waals surface area contributed by atoms with E-state index >= 15 is 0 Å². The Morgan fingerprint density at radius 2 is 1.68 bits per heavy atom. The van der Waals surface area contributed by atoms with Gasteiger partial charge in [0.25, 0.3) is 0 Å². The molecule has 0 amide bonds. The van der Waals surface area contributed by atoms with Crippen LogP contribution in [-0.2, 0) is 6.42 Å². The number of hydrogen-bond donors (Lipinski definition) is 2. The Morgan fingerprint density at radius 3 is 2.42 bits per heavy atom. The van der Waals surface area contributed by atoms with Crippen LogP contribution in [0.4, 0.5) is 5.69 Å². The Bertz CT molecular complexity index is 656. The first kappa shape index (κ1) is 11.5. The highest BCUT2D eigenvalue weighted by molar-refractivity contribution is 5.54. The molecule has 1 heterocycles. The Morgan fingerprint density at radius 1 is 0.947 bits per heavy atom. The van der Waals surface area contributed by atoms with Gasteiger partial charge in [0.15, 0.2) is 5.82 Å². The predicted molar refractivity (Wildman–Crippen MR) is 75.5 cm³/mol. The maximum atomic E-state index is 5.66. The second kappa shape index (κ2) is 4.94. The molecule has 3 N–H and O–H groups in total. The minimum absolute atomic E-state index is 0.722. The van der Waals surface area contributed by atoms with Crippen molar-refractivity contribution >= 4 is 5.69 Å². The van der Waals surface area contributed by atoms with E-state index in [9.17, 15) is 0 Å². The van der Waals surface area contributed by atoms with Gasteiger partial charge < -0.3 is 5.73 Å². The third-order valence-electron chi connectivity index (χ3n) is 2.91. The molecule has 0 bridgehead atoms. The number of nitrogens with two attached hydrogens (primary N) is 1. The lowest BCUT2D eigenvalue weighted by Crippen LogP contribution is -1.92. The highest BCUT2D eigenvalue weighted by Gasteiger charge is 2.05. The van der Waals surface area contributed by atoms with Gasteiger partial charge in [-0.1, -0.05) is 42.5 Å². The molecule has 3 rings (SSSR count).